The molecule has 0 aliphatic rings. The van der Waals surface area contributed by atoms with E-state index < -0.39 is 10.0 Å². The average molecular weight is 278 g/mol. The quantitative estimate of drug-likeness (QED) is 0.902. The molecule has 0 aliphatic carbocycles. The Morgan fingerprint density at radius 3 is 2.63 bits per heavy atom. The number of sulfonamides is 1. The Kier molecular flexibility index (Phi) is 3.44. The highest BCUT2D eigenvalue weighted by molar-refractivity contribution is 7.92. The lowest BCUT2D eigenvalue weighted by Crippen LogP contribution is -2.15. The number of nitrogens with one attached hydrogen (secondary N) is 1. The zero-order valence-corrected chi connectivity index (χ0v) is 11.4. The minimum atomic E-state index is -3.76. The summed E-state index contributed by atoms with van der Waals surface area (Å²) < 4.78 is 26.8. The lowest BCUT2D eigenvalue weighted by Gasteiger charge is -2.11. The summed E-state index contributed by atoms with van der Waals surface area (Å²) in [6, 6.07) is 8.05. The van der Waals surface area contributed by atoms with Crippen LogP contribution in [0.15, 0.2) is 41.4 Å². The number of benzene rings is 1. The number of hydrogen-bond acceptors (Lipinski definition) is 4. The first-order valence-corrected chi connectivity index (χ1v) is 7.12. The van der Waals surface area contributed by atoms with Gasteiger partial charge in [0.05, 0.1) is 4.90 Å². The summed E-state index contributed by atoms with van der Waals surface area (Å²) in [4.78, 5) is 3.98. The van der Waals surface area contributed by atoms with Crippen LogP contribution in [0.3, 0.4) is 0 Å². The Balaban J connectivity index is 2.44. The third-order valence-electron chi connectivity index (χ3n) is 2.65. The molecule has 0 radical (unpaired) electrons. The summed E-state index contributed by atoms with van der Waals surface area (Å²) in [6.45, 7) is 3.53. The van der Waals surface area contributed by atoms with Gasteiger partial charge in [-0.05, 0) is 43.2 Å². The molecule has 0 aliphatic heterocycles. The van der Waals surface area contributed by atoms with Crippen LogP contribution in [0.1, 0.15) is 11.1 Å². The van der Waals surface area contributed by atoms with E-state index in [1.165, 1.54) is 18.3 Å². The Labute approximate surface area is 112 Å². The molecule has 0 spiro atoms. The fourth-order valence-electron chi connectivity index (χ4n) is 1.65. The summed E-state index contributed by atoms with van der Waals surface area (Å²) >= 11 is 0. The Bertz CT molecular complexity index is 712. The topological polar surface area (TPSA) is 79.3 Å². The highest BCUT2D eigenvalue weighted by Gasteiger charge is 2.19. The molecule has 19 heavy (non-hydrogen) atoms. The number of hydrogen-bond donors (Lipinski definition) is 2. The van der Waals surface area contributed by atoms with Gasteiger partial charge in [-0.25, -0.2) is 13.4 Å². The molecule has 0 atom stereocenters. The van der Waals surface area contributed by atoms with Gasteiger partial charge < -0.3 is 5.11 Å². The smallest absolute Gasteiger partial charge is 0.263 e. The number of aromatic hydroxyl groups is 1. The third kappa shape index (κ3) is 2.85. The molecule has 1 aromatic carbocycles. The summed E-state index contributed by atoms with van der Waals surface area (Å²) in [6.07, 6.45) is 1.40. The van der Waals surface area contributed by atoms with E-state index in [0.29, 0.717) is 5.56 Å². The van der Waals surface area contributed by atoms with Crippen molar-refractivity contribution in [2.75, 3.05) is 4.72 Å². The number of nitrogens with zero attached hydrogens (tertiary/aromatic N) is 1. The molecule has 100 valence electrons. The highest BCUT2D eigenvalue weighted by Crippen LogP contribution is 2.24. The first-order valence-electron chi connectivity index (χ1n) is 5.64. The molecule has 0 unspecified atom stereocenters. The van der Waals surface area contributed by atoms with Gasteiger partial charge in [-0.2, -0.15) is 0 Å². The number of aryl methyl sites for hydroxylation is 2. The molecule has 5 nitrogen and oxygen atoms in total. The monoisotopic (exact) mass is 278 g/mol. The maximum atomic E-state index is 12.3. The Morgan fingerprint density at radius 1 is 1.21 bits per heavy atom. The predicted molar refractivity (Wildman–Crippen MR) is 72.6 cm³/mol. The van der Waals surface area contributed by atoms with Gasteiger partial charge in [0.2, 0.25) is 0 Å². The molecule has 0 saturated carbocycles. The standard InChI is InChI=1S/C13H14N2O3S/c1-9-5-6-10(2)12(8-9)19(17,18)15-13-11(16)4-3-7-14-13/h3-8,16H,1-2H3,(H,14,15). The molecule has 0 fully saturated rings. The fourth-order valence-corrected chi connectivity index (χ4v) is 3.01. The van der Waals surface area contributed by atoms with E-state index in [4.69, 9.17) is 0 Å². The molecule has 0 amide bonds. The van der Waals surface area contributed by atoms with E-state index in [1.54, 1.807) is 19.1 Å². The number of anilines is 1. The van der Waals surface area contributed by atoms with Crippen molar-refractivity contribution in [3.63, 3.8) is 0 Å². The zero-order chi connectivity index (χ0) is 14.0. The lowest BCUT2D eigenvalue weighted by molar-refractivity contribution is 0.475. The highest BCUT2D eigenvalue weighted by atomic mass is 32.2. The number of aromatic nitrogens is 1. The van der Waals surface area contributed by atoms with Gasteiger partial charge in [0.15, 0.2) is 11.6 Å². The van der Waals surface area contributed by atoms with Gasteiger partial charge in [-0.1, -0.05) is 12.1 Å². The predicted octanol–water partition coefficient (Wildman–Crippen LogP) is 2.20. The van der Waals surface area contributed by atoms with Crippen LogP contribution in [0.4, 0.5) is 5.82 Å². The van der Waals surface area contributed by atoms with E-state index in [9.17, 15) is 13.5 Å². The molecular weight excluding hydrogens is 264 g/mol. The molecule has 2 N–H and O–H groups in total. The van der Waals surface area contributed by atoms with E-state index in [-0.39, 0.29) is 16.5 Å². The van der Waals surface area contributed by atoms with Crippen LogP contribution in [0, 0.1) is 13.8 Å². The van der Waals surface area contributed by atoms with Gasteiger partial charge in [-0.15, -0.1) is 0 Å². The second-order valence-electron chi connectivity index (χ2n) is 4.25. The summed E-state index contributed by atoms with van der Waals surface area (Å²) in [5.41, 5.74) is 1.48. The minimum absolute atomic E-state index is 0.0802. The molecule has 1 aromatic heterocycles. The van der Waals surface area contributed by atoms with Gasteiger partial charge in [0.1, 0.15) is 0 Å². The maximum absolute atomic E-state index is 12.3. The average Bonchev–Trinajstić information content (AvgIpc) is 2.35. The van der Waals surface area contributed by atoms with Gasteiger partial charge in [-0.3, -0.25) is 4.72 Å². The van der Waals surface area contributed by atoms with Crippen LogP contribution in [0.25, 0.3) is 0 Å². The van der Waals surface area contributed by atoms with Crippen molar-refractivity contribution < 1.29 is 13.5 Å². The SMILES string of the molecule is Cc1ccc(C)c(S(=O)(=O)Nc2ncccc2O)c1. The maximum Gasteiger partial charge on any atom is 0.263 e. The molecule has 6 heteroatoms. The minimum Gasteiger partial charge on any atom is -0.504 e. The second-order valence-corrected chi connectivity index (χ2v) is 5.90. The largest absolute Gasteiger partial charge is 0.504 e. The lowest BCUT2D eigenvalue weighted by atomic mass is 10.2. The first kappa shape index (κ1) is 13.4. The van der Waals surface area contributed by atoms with Crippen molar-refractivity contribution >= 4 is 15.8 Å². The molecule has 2 rings (SSSR count). The number of rotatable bonds is 3. The molecule has 1 heterocycles. The van der Waals surface area contributed by atoms with E-state index in [2.05, 4.69) is 9.71 Å². The van der Waals surface area contributed by atoms with Crippen molar-refractivity contribution in [3.8, 4) is 5.75 Å². The van der Waals surface area contributed by atoms with E-state index in [0.717, 1.165) is 5.56 Å². The third-order valence-corrected chi connectivity index (χ3v) is 4.13. The Morgan fingerprint density at radius 2 is 1.95 bits per heavy atom. The van der Waals surface area contributed by atoms with Crippen molar-refractivity contribution in [1.29, 1.82) is 0 Å². The van der Waals surface area contributed by atoms with E-state index >= 15 is 0 Å². The van der Waals surface area contributed by atoms with Crippen LogP contribution >= 0.6 is 0 Å². The second kappa shape index (κ2) is 4.89. The molecular formula is C13H14N2O3S. The van der Waals surface area contributed by atoms with Crippen LogP contribution in [0.5, 0.6) is 5.75 Å². The Hall–Kier alpha value is -2.08. The van der Waals surface area contributed by atoms with E-state index in [1.807, 2.05) is 13.0 Å². The molecule has 0 saturated heterocycles. The van der Waals surface area contributed by atoms with Crippen LogP contribution in [0.2, 0.25) is 0 Å². The first-order chi connectivity index (χ1) is 8.90. The van der Waals surface area contributed by atoms with Crippen LogP contribution in [-0.4, -0.2) is 18.5 Å². The summed E-state index contributed by atoms with van der Waals surface area (Å²) in [5.74, 6) is -0.292. The van der Waals surface area contributed by atoms with Crippen molar-refractivity contribution in [2.45, 2.75) is 18.7 Å². The number of pyridine rings is 1. The van der Waals surface area contributed by atoms with Gasteiger partial charge >= 0.3 is 0 Å². The van der Waals surface area contributed by atoms with Gasteiger partial charge in [0.25, 0.3) is 10.0 Å². The molecule has 0 bridgehead atoms. The van der Waals surface area contributed by atoms with Crippen molar-refractivity contribution in [1.82, 2.24) is 4.98 Å². The van der Waals surface area contributed by atoms with Crippen molar-refractivity contribution in [2.24, 2.45) is 0 Å². The summed E-state index contributed by atoms with van der Waals surface area (Å²) in [5, 5.41) is 9.56. The van der Waals surface area contributed by atoms with Crippen molar-refractivity contribution in [3.05, 3.63) is 47.7 Å². The summed E-state index contributed by atoms with van der Waals surface area (Å²) in [7, 11) is -3.76. The van der Waals surface area contributed by atoms with Crippen LogP contribution in [-0.2, 0) is 10.0 Å². The fraction of sp³-hybridized carbons (Fsp3) is 0.154. The molecule has 2 aromatic rings. The van der Waals surface area contributed by atoms with Gasteiger partial charge in [0, 0.05) is 6.20 Å². The van der Waals surface area contributed by atoms with Crippen LogP contribution < -0.4 is 4.72 Å². The normalized spacial score (nSPS) is 11.3. The zero-order valence-electron chi connectivity index (χ0n) is 10.6.